The third-order valence-electron chi connectivity index (χ3n) is 8.54. The van der Waals surface area contributed by atoms with E-state index in [1.807, 2.05) is 0 Å². The maximum atomic E-state index is 15.0. The number of aromatic nitrogens is 2. The van der Waals surface area contributed by atoms with Crippen molar-refractivity contribution in [3.63, 3.8) is 0 Å². The van der Waals surface area contributed by atoms with Crippen LogP contribution in [0.5, 0.6) is 11.8 Å². The fourth-order valence-electron chi connectivity index (χ4n) is 6.33. The van der Waals surface area contributed by atoms with Gasteiger partial charge in [-0.25, -0.2) is 4.39 Å². The molecule has 2 fully saturated rings. The number of nitrogens with two attached hydrogens (primary N) is 2. The van der Waals surface area contributed by atoms with Crippen LogP contribution in [0.4, 0.5) is 15.2 Å². The second-order valence-electron chi connectivity index (χ2n) is 11.4. The molecule has 1 saturated heterocycles. The maximum Gasteiger partial charge on any atom is 0.319 e. The van der Waals surface area contributed by atoms with Crippen molar-refractivity contribution in [2.75, 3.05) is 44.0 Å². The van der Waals surface area contributed by atoms with Crippen LogP contribution in [0.15, 0.2) is 23.4 Å². The van der Waals surface area contributed by atoms with E-state index in [1.165, 1.54) is 12.1 Å². The van der Waals surface area contributed by atoms with Crippen LogP contribution < -0.4 is 21.5 Å². The summed E-state index contributed by atoms with van der Waals surface area (Å²) in [6, 6.07) is 4.87. The molecule has 2 aromatic heterocycles. The molecule has 0 amide bonds. The number of rotatable bonds is 7. The zero-order valence-electron chi connectivity index (χ0n) is 24.8. The van der Waals surface area contributed by atoms with Gasteiger partial charge in [-0.1, -0.05) is 6.07 Å². The number of benzene rings is 2. The van der Waals surface area contributed by atoms with E-state index < -0.39 is 5.82 Å². The van der Waals surface area contributed by atoms with Crippen LogP contribution in [0.25, 0.3) is 32.1 Å². The Kier molecular flexibility index (Phi) is 8.07. The lowest BCUT2D eigenvalue weighted by molar-refractivity contribution is -0.116. The van der Waals surface area contributed by atoms with E-state index in [-0.39, 0.29) is 70.8 Å². The Bertz CT molecular complexity index is 1960. The van der Waals surface area contributed by atoms with Crippen molar-refractivity contribution >= 4 is 48.9 Å². The number of nitriles is 1. The van der Waals surface area contributed by atoms with Gasteiger partial charge in [-0.15, -0.1) is 11.3 Å². The number of fused-ring (bicyclic) bond motifs is 4. The van der Waals surface area contributed by atoms with Crippen LogP contribution in [0.2, 0.25) is 0 Å². The molecular weight excluding hydrogens is 615 g/mol. The average molecular weight is 647 g/mol. The summed E-state index contributed by atoms with van der Waals surface area (Å²) in [4.78, 5) is 21.8. The summed E-state index contributed by atoms with van der Waals surface area (Å²) in [5, 5.41) is 26.2. The van der Waals surface area contributed by atoms with E-state index in [4.69, 9.17) is 30.4 Å². The third-order valence-corrected chi connectivity index (χ3v) is 9.57. The summed E-state index contributed by atoms with van der Waals surface area (Å²) >= 11 is 0.977. The van der Waals surface area contributed by atoms with Gasteiger partial charge in [0.1, 0.15) is 46.7 Å². The van der Waals surface area contributed by atoms with E-state index in [9.17, 15) is 19.6 Å². The fourth-order valence-corrected chi connectivity index (χ4v) is 7.28. The molecule has 6 N–H and O–H groups in total. The number of phenolic OH excluding ortho intramolecular Hbond substituents is 1. The van der Waals surface area contributed by atoms with Crippen molar-refractivity contribution in [3.05, 3.63) is 45.9 Å². The second kappa shape index (κ2) is 12.3. The molecule has 1 atom stereocenters. The molecular formula is C32H31FN6O6S. The lowest BCUT2D eigenvalue weighted by Gasteiger charge is -2.23. The monoisotopic (exact) mass is 646 g/mol. The van der Waals surface area contributed by atoms with Crippen molar-refractivity contribution in [3.8, 4) is 29.0 Å². The number of hydrogen-bond acceptors (Lipinski definition) is 13. The molecule has 7 rings (SSSR count). The maximum absolute atomic E-state index is 15.0. The molecule has 4 heterocycles. The molecule has 0 radical (unpaired) electrons. The van der Waals surface area contributed by atoms with E-state index in [2.05, 4.69) is 21.4 Å². The number of allylic oxidation sites excluding steroid dienone is 1. The molecule has 46 heavy (non-hydrogen) atoms. The summed E-state index contributed by atoms with van der Waals surface area (Å²) in [6.07, 6.45) is 2.49. The molecule has 238 valence electrons. The minimum absolute atomic E-state index is 0.0361. The average Bonchev–Trinajstić information content (AvgIpc) is 3.69. The molecule has 3 aliphatic rings. The standard InChI is InChI=1S/C32H31FN6O6S/c33-21-6-5-17(25-18(9-34)30(36)46-29(21)25)24-19-13-43-14-20(19)26-27(28(24)41)38-32(45-12-15-11-42-7-8-44-15)39-31(26)37-10-22(35)16-3-1-2-4-23(16)40/h5-6,15,41H,1-4,7-8,10-14,35-36H2,(H,37,38,39)/b22-16-. The number of ether oxygens (including phenoxy) is 4. The molecule has 2 aromatic carbocycles. The third kappa shape index (κ3) is 5.25. The van der Waals surface area contributed by atoms with Crippen molar-refractivity contribution in [2.24, 2.45) is 5.73 Å². The van der Waals surface area contributed by atoms with Gasteiger partial charge >= 0.3 is 6.01 Å². The number of ketones is 1. The number of phenols is 1. The first-order chi connectivity index (χ1) is 22.4. The SMILES string of the molecule is N#Cc1c(N)sc2c(F)ccc(-c3c4c(c5c(NC/C(N)=C6\CCCCC6=O)nc(OCC6COCCO6)nc5c3O)COC4)c12. The zero-order chi connectivity index (χ0) is 31.9. The van der Waals surface area contributed by atoms with Crippen LogP contribution in [-0.2, 0) is 32.2 Å². The van der Waals surface area contributed by atoms with Gasteiger partial charge in [0.2, 0.25) is 0 Å². The second-order valence-corrected chi connectivity index (χ2v) is 12.4. The molecule has 0 bridgehead atoms. The number of halogens is 1. The molecule has 1 unspecified atom stereocenters. The van der Waals surface area contributed by atoms with Crippen molar-refractivity contribution in [1.82, 2.24) is 9.97 Å². The number of aromatic hydroxyl groups is 1. The van der Waals surface area contributed by atoms with Gasteiger partial charge in [0.15, 0.2) is 5.78 Å². The lowest BCUT2D eigenvalue weighted by atomic mass is 9.90. The minimum atomic E-state index is -0.522. The van der Waals surface area contributed by atoms with E-state index in [1.54, 1.807) is 0 Å². The van der Waals surface area contributed by atoms with Gasteiger partial charge in [0, 0.05) is 28.6 Å². The predicted molar refractivity (Wildman–Crippen MR) is 169 cm³/mol. The molecule has 4 aromatic rings. The van der Waals surface area contributed by atoms with Gasteiger partial charge < -0.3 is 40.8 Å². The smallest absolute Gasteiger partial charge is 0.319 e. The Balaban J connectivity index is 1.40. The topological polar surface area (TPSA) is 188 Å². The zero-order valence-corrected chi connectivity index (χ0v) is 25.6. The van der Waals surface area contributed by atoms with E-state index in [0.29, 0.717) is 82.8 Å². The number of nitrogens with zero attached hydrogens (tertiary/aromatic N) is 3. The van der Waals surface area contributed by atoms with Crippen LogP contribution in [0, 0.1) is 17.1 Å². The summed E-state index contributed by atoms with van der Waals surface area (Å²) in [5.41, 5.74) is 16.0. The van der Waals surface area contributed by atoms with Crippen molar-refractivity contribution in [1.29, 1.82) is 5.26 Å². The Morgan fingerprint density at radius 2 is 2.00 bits per heavy atom. The highest BCUT2D eigenvalue weighted by molar-refractivity contribution is 7.23. The summed E-state index contributed by atoms with van der Waals surface area (Å²) in [6.45, 7) is 1.84. The molecule has 0 spiro atoms. The van der Waals surface area contributed by atoms with E-state index in [0.717, 1.165) is 24.2 Å². The summed E-state index contributed by atoms with van der Waals surface area (Å²) in [5.74, 6) is -0.364. The summed E-state index contributed by atoms with van der Waals surface area (Å²) < 4.78 is 38.2. The first-order valence-corrected chi connectivity index (χ1v) is 15.8. The Morgan fingerprint density at radius 3 is 2.78 bits per heavy atom. The Labute approximate surface area is 266 Å². The number of nitrogens with one attached hydrogen (secondary N) is 1. The van der Waals surface area contributed by atoms with Gasteiger partial charge in [-0.2, -0.15) is 15.2 Å². The number of thiophene rings is 1. The Morgan fingerprint density at radius 1 is 1.17 bits per heavy atom. The molecule has 1 aliphatic carbocycles. The molecule has 14 heteroatoms. The normalized spacial score (nSPS) is 19.3. The summed E-state index contributed by atoms with van der Waals surface area (Å²) in [7, 11) is 0. The number of carbonyl (C=O) groups is 1. The Hall–Kier alpha value is -4.55. The van der Waals surface area contributed by atoms with Crippen LogP contribution >= 0.6 is 11.3 Å². The van der Waals surface area contributed by atoms with Gasteiger partial charge in [0.05, 0.1) is 55.2 Å². The van der Waals surface area contributed by atoms with Gasteiger partial charge in [-0.05, 0) is 42.0 Å². The molecule has 2 aliphatic heterocycles. The largest absolute Gasteiger partial charge is 0.505 e. The number of hydrogen-bond donors (Lipinski definition) is 4. The van der Waals surface area contributed by atoms with Gasteiger partial charge in [-0.3, -0.25) is 4.79 Å². The molecule has 12 nitrogen and oxygen atoms in total. The molecule has 1 saturated carbocycles. The van der Waals surface area contributed by atoms with Crippen molar-refractivity contribution in [2.45, 2.75) is 45.0 Å². The number of carbonyl (C=O) groups excluding carboxylic acids is 1. The number of anilines is 2. The fraction of sp³-hybridized carbons (Fsp3) is 0.375. The predicted octanol–water partition coefficient (Wildman–Crippen LogP) is 4.40. The van der Waals surface area contributed by atoms with Crippen molar-refractivity contribution < 1.29 is 33.2 Å². The van der Waals surface area contributed by atoms with Crippen LogP contribution in [0.3, 0.4) is 0 Å². The quantitative estimate of drug-likeness (QED) is 0.208. The highest BCUT2D eigenvalue weighted by atomic mass is 32.1. The minimum Gasteiger partial charge on any atom is -0.505 e. The first kappa shape index (κ1) is 30.1. The highest BCUT2D eigenvalue weighted by Gasteiger charge is 2.31. The lowest BCUT2D eigenvalue weighted by Crippen LogP contribution is -2.33. The highest BCUT2D eigenvalue weighted by Crippen LogP contribution is 2.50. The first-order valence-electron chi connectivity index (χ1n) is 15.0. The number of nitrogen functional groups attached to an aromatic ring is 1. The van der Waals surface area contributed by atoms with Gasteiger partial charge in [0.25, 0.3) is 0 Å². The van der Waals surface area contributed by atoms with Crippen LogP contribution in [-0.4, -0.2) is 59.9 Å². The number of Topliss-reactive ketones (excluding diaryl/α,β-unsaturated/α-hetero) is 1. The van der Waals surface area contributed by atoms with Crippen LogP contribution in [0.1, 0.15) is 42.4 Å². The van der Waals surface area contributed by atoms with E-state index >= 15 is 0 Å².